The summed E-state index contributed by atoms with van der Waals surface area (Å²) < 4.78 is 16.4. The summed E-state index contributed by atoms with van der Waals surface area (Å²) in [5.41, 5.74) is 0. The zero-order valence-electron chi connectivity index (χ0n) is 9.30. The Morgan fingerprint density at radius 1 is 1.53 bits per heavy atom. The molecule has 0 saturated carbocycles. The maximum atomic E-state index is 10.3. The van der Waals surface area contributed by atoms with Crippen LogP contribution in [0.3, 0.4) is 0 Å². The van der Waals surface area contributed by atoms with Crippen LogP contribution in [0.1, 0.15) is 27.2 Å². The van der Waals surface area contributed by atoms with E-state index in [0.29, 0.717) is 6.29 Å². The first kappa shape index (κ1) is 12.6. The van der Waals surface area contributed by atoms with Gasteiger partial charge in [-0.15, -0.1) is 0 Å². The van der Waals surface area contributed by atoms with Gasteiger partial charge >= 0.3 is 0 Å². The molecule has 0 unspecified atom stereocenters. The van der Waals surface area contributed by atoms with Gasteiger partial charge in [0.25, 0.3) is 0 Å². The number of hydrogen-bond donors (Lipinski definition) is 1. The van der Waals surface area contributed by atoms with Crippen LogP contribution in [0, 0.1) is 0 Å². The summed E-state index contributed by atoms with van der Waals surface area (Å²) in [6.45, 7) is 5.21. The van der Waals surface area contributed by atoms with Crippen molar-refractivity contribution in [2.75, 3.05) is 6.61 Å². The van der Waals surface area contributed by atoms with Crippen LogP contribution >= 0.6 is 0 Å². The number of ether oxygens (including phenoxy) is 3. The molecule has 5 nitrogen and oxygen atoms in total. The summed E-state index contributed by atoms with van der Waals surface area (Å²) in [6.07, 6.45) is -0.388. The summed E-state index contributed by atoms with van der Waals surface area (Å²) in [5, 5.41) is 8.95. The monoisotopic (exact) mass is 218 g/mol. The Morgan fingerprint density at radius 3 is 2.60 bits per heavy atom. The number of carbonyl (C=O) groups excluding carboxylic acids is 1. The minimum Gasteiger partial charge on any atom is -0.394 e. The van der Waals surface area contributed by atoms with Crippen LogP contribution in [0.25, 0.3) is 0 Å². The van der Waals surface area contributed by atoms with Gasteiger partial charge in [-0.25, -0.2) is 0 Å². The molecule has 0 bridgehead atoms. The Kier molecular flexibility index (Phi) is 4.21. The molecule has 1 heterocycles. The molecule has 1 fully saturated rings. The van der Waals surface area contributed by atoms with Crippen molar-refractivity contribution in [2.24, 2.45) is 0 Å². The number of hydrogen-bond acceptors (Lipinski definition) is 5. The third-order valence-electron chi connectivity index (χ3n) is 2.14. The van der Waals surface area contributed by atoms with Crippen LogP contribution in [0.2, 0.25) is 0 Å². The molecule has 1 N–H and O–H groups in total. The van der Waals surface area contributed by atoms with Gasteiger partial charge in [-0.1, -0.05) is 0 Å². The summed E-state index contributed by atoms with van der Waals surface area (Å²) in [7, 11) is 0. The van der Waals surface area contributed by atoms with Crippen LogP contribution in [0.15, 0.2) is 0 Å². The first-order chi connectivity index (χ1) is 6.98. The van der Waals surface area contributed by atoms with E-state index in [1.807, 2.05) is 6.92 Å². The summed E-state index contributed by atoms with van der Waals surface area (Å²) in [5.74, 6) is -0.675. The van der Waals surface area contributed by atoms with Crippen LogP contribution in [0.5, 0.6) is 0 Å². The summed E-state index contributed by atoms with van der Waals surface area (Å²) >= 11 is 0. The molecule has 1 saturated heterocycles. The van der Waals surface area contributed by atoms with Crippen LogP contribution in [0.4, 0.5) is 0 Å². The second-order valence-electron chi connectivity index (χ2n) is 4.05. The standard InChI is InChI=1S/C10H18O5/c1-7-9(15-10(2,3)14-7)13-8(6-12)4-5-11/h5,7-9,12H,4,6H2,1-3H3/t7-,8-,9-/m1/s1. The molecular weight excluding hydrogens is 200 g/mol. The third kappa shape index (κ3) is 3.53. The Labute approximate surface area is 89.3 Å². The molecule has 5 heteroatoms. The van der Waals surface area contributed by atoms with Gasteiger partial charge in [0, 0.05) is 6.42 Å². The zero-order valence-corrected chi connectivity index (χ0v) is 9.30. The topological polar surface area (TPSA) is 65.0 Å². The lowest BCUT2D eigenvalue weighted by atomic mass is 10.3. The average Bonchev–Trinajstić information content (AvgIpc) is 2.39. The second kappa shape index (κ2) is 5.03. The van der Waals surface area contributed by atoms with E-state index >= 15 is 0 Å². The van der Waals surface area contributed by atoms with Gasteiger partial charge in [0.2, 0.25) is 0 Å². The number of aliphatic hydroxyl groups excluding tert-OH is 1. The van der Waals surface area contributed by atoms with E-state index in [1.54, 1.807) is 13.8 Å². The second-order valence-corrected chi connectivity index (χ2v) is 4.05. The molecule has 1 rings (SSSR count). The highest BCUT2D eigenvalue weighted by Crippen LogP contribution is 2.29. The molecular formula is C10H18O5. The van der Waals surface area contributed by atoms with Crippen molar-refractivity contribution < 1.29 is 24.1 Å². The van der Waals surface area contributed by atoms with Crippen LogP contribution in [-0.4, -0.2) is 42.3 Å². The van der Waals surface area contributed by atoms with Crippen molar-refractivity contribution in [2.45, 2.75) is 51.5 Å². The molecule has 1 aliphatic heterocycles. The van der Waals surface area contributed by atoms with E-state index in [1.165, 1.54) is 0 Å². The predicted molar refractivity (Wildman–Crippen MR) is 52.1 cm³/mol. The molecule has 3 atom stereocenters. The van der Waals surface area contributed by atoms with Crippen molar-refractivity contribution in [3.63, 3.8) is 0 Å². The van der Waals surface area contributed by atoms with Crippen LogP contribution < -0.4 is 0 Å². The van der Waals surface area contributed by atoms with Crippen molar-refractivity contribution in [1.82, 2.24) is 0 Å². The molecule has 0 spiro atoms. The smallest absolute Gasteiger partial charge is 0.187 e. The lowest BCUT2D eigenvalue weighted by Gasteiger charge is -2.20. The van der Waals surface area contributed by atoms with Crippen molar-refractivity contribution in [1.29, 1.82) is 0 Å². The number of rotatable bonds is 5. The van der Waals surface area contributed by atoms with E-state index in [0.717, 1.165) is 0 Å². The van der Waals surface area contributed by atoms with Gasteiger partial charge in [0.1, 0.15) is 12.4 Å². The third-order valence-corrected chi connectivity index (χ3v) is 2.14. The molecule has 88 valence electrons. The normalized spacial score (nSPS) is 31.5. The van der Waals surface area contributed by atoms with Gasteiger partial charge in [-0.3, -0.25) is 0 Å². The minimum atomic E-state index is -0.675. The number of aliphatic hydroxyl groups is 1. The highest BCUT2D eigenvalue weighted by atomic mass is 16.8. The highest BCUT2D eigenvalue weighted by molar-refractivity contribution is 5.50. The molecule has 0 amide bonds. The molecule has 1 aliphatic rings. The van der Waals surface area contributed by atoms with Gasteiger partial charge in [0.15, 0.2) is 12.1 Å². The van der Waals surface area contributed by atoms with E-state index < -0.39 is 18.2 Å². The number of aldehydes is 1. The van der Waals surface area contributed by atoms with Gasteiger partial charge in [0.05, 0.1) is 12.7 Å². The molecule has 0 aromatic heterocycles. The Bertz CT molecular complexity index is 216. The van der Waals surface area contributed by atoms with Crippen LogP contribution in [-0.2, 0) is 19.0 Å². The maximum Gasteiger partial charge on any atom is 0.187 e. The van der Waals surface area contributed by atoms with E-state index in [9.17, 15) is 4.79 Å². The summed E-state index contributed by atoms with van der Waals surface area (Å²) in [4.78, 5) is 10.3. The fourth-order valence-corrected chi connectivity index (χ4v) is 1.52. The molecule has 0 aromatic carbocycles. The van der Waals surface area contributed by atoms with Gasteiger partial charge in [-0.2, -0.15) is 0 Å². The Morgan fingerprint density at radius 2 is 2.20 bits per heavy atom. The fraction of sp³-hybridized carbons (Fsp3) is 0.900. The first-order valence-corrected chi connectivity index (χ1v) is 5.04. The summed E-state index contributed by atoms with van der Waals surface area (Å²) in [6, 6.07) is 0. The lowest BCUT2D eigenvalue weighted by molar-refractivity contribution is -0.208. The SMILES string of the molecule is C[C@H]1OC(C)(C)O[C@H]1O[C@@H](CO)CC=O. The van der Waals surface area contributed by atoms with E-state index in [2.05, 4.69) is 0 Å². The molecule has 15 heavy (non-hydrogen) atoms. The lowest BCUT2D eigenvalue weighted by Crippen LogP contribution is -2.31. The van der Waals surface area contributed by atoms with Crippen molar-refractivity contribution in [3.05, 3.63) is 0 Å². The largest absolute Gasteiger partial charge is 0.394 e. The predicted octanol–water partition coefficient (Wildman–Crippen LogP) is 0.450. The van der Waals surface area contributed by atoms with Crippen molar-refractivity contribution in [3.8, 4) is 0 Å². The first-order valence-electron chi connectivity index (χ1n) is 5.04. The minimum absolute atomic E-state index is 0.156. The average molecular weight is 218 g/mol. The zero-order chi connectivity index (χ0) is 11.5. The molecule has 0 radical (unpaired) electrons. The number of carbonyl (C=O) groups is 1. The molecule has 0 aromatic rings. The quantitative estimate of drug-likeness (QED) is 0.679. The Hall–Kier alpha value is -0.490. The van der Waals surface area contributed by atoms with Crippen molar-refractivity contribution >= 4 is 6.29 Å². The fourth-order valence-electron chi connectivity index (χ4n) is 1.52. The van der Waals surface area contributed by atoms with E-state index in [-0.39, 0.29) is 19.1 Å². The Balaban J connectivity index is 2.47. The maximum absolute atomic E-state index is 10.3. The van der Waals surface area contributed by atoms with Gasteiger partial charge < -0.3 is 24.1 Å². The highest BCUT2D eigenvalue weighted by Gasteiger charge is 2.40. The van der Waals surface area contributed by atoms with Gasteiger partial charge in [-0.05, 0) is 20.8 Å². The molecule has 0 aliphatic carbocycles. The van der Waals surface area contributed by atoms with E-state index in [4.69, 9.17) is 19.3 Å².